The molecule has 0 aliphatic rings. The summed E-state index contributed by atoms with van der Waals surface area (Å²) in [5.74, 6) is -0.606. The van der Waals surface area contributed by atoms with Crippen LogP contribution in [0, 0.1) is 0 Å². The Morgan fingerprint density at radius 3 is 2.44 bits per heavy atom. The van der Waals surface area contributed by atoms with E-state index >= 15 is 0 Å². The molecule has 2 N–H and O–H groups in total. The lowest BCUT2D eigenvalue weighted by Gasteiger charge is -2.07. The first-order valence-electron chi connectivity index (χ1n) is 8.40. The Balaban J connectivity index is 1.89. The van der Waals surface area contributed by atoms with Crippen LogP contribution in [0.2, 0.25) is 0 Å². The Labute approximate surface area is 162 Å². The van der Waals surface area contributed by atoms with E-state index in [0.717, 1.165) is 23.1 Å². The zero-order valence-electron chi connectivity index (χ0n) is 14.9. The van der Waals surface area contributed by atoms with Crippen molar-refractivity contribution in [2.24, 2.45) is 0 Å². The molecule has 2 aromatic rings. The monoisotopic (exact) mass is 383 g/mol. The normalized spacial score (nSPS) is 11.4. The summed E-state index contributed by atoms with van der Waals surface area (Å²) < 4.78 is 5.34. The van der Waals surface area contributed by atoms with E-state index in [-0.39, 0.29) is 16.6 Å². The first kappa shape index (κ1) is 20.3. The van der Waals surface area contributed by atoms with Gasteiger partial charge in [0.1, 0.15) is 5.75 Å². The van der Waals surface area contributed by atoms with Crippen LogP contribution >= 0.6 is 11.8 Å². The minimum absolute atomic E-state index is 0.00449. The van der Waals surface area contributed by atoms with Gasteiger partial charge in [-0.3, -0.25) is 4.79 Å². The van der Waals surface area contributed by atoms with Crippen LogP contribution < -0.4 is 10.1 Å². The Bertz CT molecular complexity index is 814. The molecule has 2 rings (SSSR count). The number of ether oxygens (including phenoxy) is 1. The van der Waals surface area contributed by atoms with Gasteiger partial charge in [-0.25, -0.2) is 4.79 Å². The number of anilines is 1. The molecule has 0 saturated heterocycles. The largest absolute Gasteiger partial charge is 0.494 e. The van der Waals surface area contributed by atoms with Crippen LogP contribution in [-0.4, -0.2) is 29.3 Å². The highest BCUT2D eigenvalue weighted by Crippen LogP contribution is 2.19. The molecular formula is C21H21NO4S. The smallest absolute Gasteiger partial charge is 0.342 e. The fourth-order valence-corrected chi connectivity index (χ4v) is 2.79. The summed E-state index contributed by atoms with van der Waals surface area (Å²) in [6, 6.07) is 16.6. The third kappa shape index (κ3) is 7.42. The third-order valence-electron chi connectivity index (χ3n) is 3.35. The number of carboxylic acids is 1. The predicted molar refractivity (Wildman–Crippen MR) is 110 cm³/mol. The van der Waals surface area contributed by atoms with E-state index in [2.05, 4.69) is 5.32 Å². The van der Waals surface area contributed by atoms with Crippen molar-refractivity contribution in [2.75, 3.05) is 17.7 Å². The van der Waals surface area contributed by atoms with Crippen LogP contribution in [0.3, 0.4) is 0 Å². The molecule has 0 heterocycles. The van der Waals surface area contributed by atoms with Crippen molar-refractivity contribution in [1.82, 2.24) is 0 Å². The van der Waals surface area contributed by atoms with Crippen LogP contribution in [0.15, 0.2) is 71.7 Å². The second kappa shape index (κ2) is 10.9. The fraction of sp³-hybridized carbons (Fsp3) is 0.143. The molecule has 140 valence electrons. The lowest BCUT2D eigenvalue weighted by Crippen LogP contribution is -2.15. The molecule has 27 heavy (non-hydrogen) atoms. The highest BCUT2D eigenvalue weighted by atomic mass is 32.2. The van der Waals surface area contributed by atoms with E-state index in [1.54, 1.807) is 30.3 Å². The van der Waals surface area contributed by atoms with E-state index in [0.29, 0.717) is 12.3 Å². The van der Waals surface area contributed by atoms with Gasteiger partial charge >= 0.3 is 5.97 Å². The number of rotatable bonds is 9. The van der Waals surface area contributed by atoms with Crippen LogP contribution in [0.1, 0.15) is 12.5 Å². The molecule has 0 radical (unpaired) electrons. The van der Waals surface area contributed by atoms with Crippen molar-refractivity contribution in [3.8, 4) is 5.75 Å². The van der Waals surface area contributed by atoms with E-state index in [9.17, 15) is 14.7 Å². The number of carboxylic acid groups (broad SMARTS) is 1. The van der Waals surface area contributed by atoms with Gasteiger partial charge in [-0.15, -0.1) is 11.8 Å². The predicted octanol–water partition coefficient (Wildman–Crippen LogP) is 4.44. The number of hydrogen-bond acceptors (Lipinski definition) is 4. The summed E-state index contributed by atoms with van der Waals surface area (Å²) in [6.45, 7) is 2.47. The molecule has 0 atom stereocenters. The second-order valence-corrected chi connectivity index (χ2v) is 6.42. The molecule has 0 aliphatic carbocycles. The number of amides is 1. The quantitative estimate of drug-likeness (QED) is 0.495. The Hall–Kier alpha value is -2.99. The molecule has 0 saturated carbocycles. The van der Waals surface area contributed by atoms with Crippen molar-refractivity contribution in [3.05, 3.63) is 77.2 Å². The van der Waals surface area contributed by atoms with Gasteiger partial charge in [-0.2, -0.15) is 0 Å². The summed E-state index contributed by atoms with van der Waals surface area (Å²) in [7, 11) is 0. The molecule has 0 aliphatic heterocycles. The molecule has 6 heteroatoms. The standard InChI is InChI=1S/C21H21NO4S/c1-2-26-18-13-11-17(12-14-18)22-20(23)15-27-19(21(24)25)10-6-9-16-7-4-3-5-8-16/h3-14H,2,15H2,1H3,(H,22,23)(H,24,25)/b9-6+,19-10+. The van der Waals surface area contributed by atoms with E-state index in [4.69, 9.17) is 4.74 Å². The van der Waals surface area contributed by atoms with Crippen LogP contribution in [0.25, 0.3) is 6.08 Å². The summed E-state index contributed by atoms with van der Waals surface area (Å²) in [4.78, 5) is 23.5. The molecule has 2 aromatic carbocycles. The van der Waals surface area contributed by atoms with E-state index < -0.39 is 5.97 Å². The summed E-state index contributed by atoms with van der Waals surface area (Å²) in [5.41, 5.74) is 1.60. The Morgan fingerprint density at radius 1 is 1.11 bits per heavy atom. The minimum atomic E-state index is -1.06. The number of carbonyl (C=O) groups excluding carboxylic acids is 1. The molecule has 0 spiro atoms. The number of hydrogen-bond donors (Lipinski definition) is 2. The van der Waals surface area contributed by atoms with Gasteiger partial charge in [0.15, 0.2) is 0 Å². The summed E-state index contributed by atoms with van der Waals surface area (Å²) in [6.07, 6.45) is 4.96. The summed E-state index contributed by atoms with van der Waals surface area (Å²) >= 11 is 0.977. The topological polar surface area (TPSA) is 75.6 Å². The van der Waals surface area contributed by atoms with Gasteiger partial charge in [0.05, 0.1) is 17.3 Å². The average Bonchev–Trinajstić information content (AvgIpc) is 2.67. The fourth-order valence-electron chi connectivity index (χ4n) is 2.13. The Kier molecular flexibility index (Phi) is 8.19. The molecule has 0 bridgehead atoms. The van der Waals surface area contributed by atoms with Crippen molar-refractivity contribution in [3.63, 3.8) is 0 Å². The average molecular weight is 383 g/mol. The van der Waals surface area contributed by atoms with Crippen LogP contribution in [0.4, 0.5) is 5.69 Å². The van der Waals surface area contributed by atoms with Gasteiger partial charge in [-0.1, -0.05) is 42.5 Å². The van der Waals surface area contributed by atoms with Gasteiger partial charge in [0.25, 0.3) is 0 Å². The van der Waals surface area contributed by atoms with Crippen LogP contribution in [0.5, 0.6) is 5.75 Å². The van der Waals surface area contributed by atoms with Crippen molar-refractivity contribution in [1.29, 1.82) is 0 Å². The summed E-state index contributed by atoms with van der Waals surface area (Å²) in [5, 5.41) is 12.0. The number of allylic oxidation sites excluding steroid dienone is 2. The third-order valence-corrected chi connectivity index (χ3v) is 4.38. The lowest BCUT2D eigenvalue weighted by molar-refractivity contribution is -0.131. The first-order chi connectivity index (χ1) is 13.1. The molecule has 0 aromatic heterocycles. The number of thioether (sulfide) groups is 1. The number of nitrogens with one attached hydrogen (secondary N) is 1. The highest BCUT2D eigenvalue weighted by Gasteiger charge is 2.10. The van der Waals surface area contributed by atoms with E-state index in [1.807, 2.05) is 43.3 Å². The number of benzene rings is 2. The number of carbonyl (C=O) groups is 2. The van der Waals surface area contributed by atoms with Gasteiger partial charge in [-0.05, 0) is 42.8 Å². The SMILES string of the molecule is CCOc1ccc(NC(=O)CS/C(=C/C=C/c2ccccc2)C(=O)O)cc1. The Morgan fingerprint density at radius 2 is 1.81 bits per heavy atom. The van der Waals surface area contributed by atoms with Gasteiger partial charge < -0.3 is 15.2 Å². The van der Waals surface area contributed by atoms with Crippen molar-refractivity contribution >= 4 is 35.4 Å². The van der Waals surface area contributed by atoms with Gasteiger partial charge in [0, 0.05) is 5.69 Å². The zero-order valence-corrected chi connectivity index (χ0v) is 15.7. The molecule has 5 nitrogen and oxygen atoms in total. The molecule has 1 amide bonds. The zero-order chi connectivity index (χ0) is 19.5. The molecule has 0 fully saturated rings. The highest BCUT2D eigenvalue weighted by molar-refractivity contribution is 8.04. The molecule has 0 unspecified atom stereocenters. The molecular weight excluding hydrogens is 362 g/mol. The lowest BCUT2D eigenvalue weighted by atomic mass is 10.2. The van der Waals surface area contributed by atoms with Gasteiger partial charge in [0.2, 0.25) is 5.91 Å². The maximum Gasteiger partial charge on any atom is 0.342 e. The maximum absolute atomic E-state index is 12.0. The minimum Gasteiger partial charge on any atom is -0.494 e. The van der Waals surface area contributed by atoms with E-state index in [1.165, 1.54) is 6.08 Å². The maximum atomic E-state index is 12.0. The van der Waals surface area contributed by atoms with Crippen molar-refractivity contribution < 1.29 is 19.4 Å². The van der Waals surface area contributed by atoms with Crippen molar-refractivity contribution in [2.45, 2.75) is 6.92 Å². The van der Waals surface area contributed by atoms with Crippen LogP contribution in [-0.2, 0) is 9.59 Å². The number of aliphatic carboxylic acids is 1. The first-order valence-corrected chi connectivity index (χ1v) is 9.39. The second-order valence-electron chi connectivity index (χ2n) is 5.40.